The lowest BCUT2D eigenvalue weighted by Gasteiger charge is -2.16. The molecule has 2 heterocycles. The number of fused-ring (bicyclic) bond motifs is 1. The van der Waals surface area contributed by atoms with E-state index in [1.165, 1.54) is 43.2 Å². The van der Waals surface area contributed by atoms with E-state index < -0.39 is 0 Å². The Labute approximate surface area is 198 Å². The number of hydrogen-bond donors (Lipinski definition) is 0. The van der Waals surface area contributed by atoms with Gasteiger partial charge in [0.05, 0.1) is 10.5 Å². The average molecular weight is 447 g/mol. The molecule has 0 saturated heterocycles. The molecule has 0 aliphatic carbocycles. The third-order valence-electron chi connectivity index (χ3n) is 6.05. The predicted octanol–water partition coefficient (Wildman–Crippen LogP) is 8.79. The van der Waals surface area contributed by atoms with Gasteiger partial charge in [-0.25, -0.2) is 0 Å². The fourth-order valence-electron chi connectivity index (χ4n) is 4.60. The molecule has 6 rings (SSSR count). The Bertz CT molecular complexity index is 1190. The summed E-state index contributed by atoms with van der Waals surface area (Å²) < 4.78 is 0. The molecule has 0 unspecified atom stereocenters. The highest BCUT2D eigenvalue weighted by Crippen LogP contribution is 2.68. The molecule has 2 heteroatoms. The number of hydrogen-bond acceptors (Lipinski definition) is 2. The maximum atomic E-state index is 2.28. The molecule has 0 amide bonds. The lowest BCUT2D eigenvalue weighted by molar-refractivity contribution is 1.09. The normalized spacial score (nSPS) is 20.0. The Morgan fingerprint density at radius 1 is 0.375 bits per heavy atom. The molecule has 2 atom stereocenters. The molecule has 4 aromatic carbocycles. The van der Waals surface area contributed by atoms with Crippen molar-refractivity contribution in [1.82, 2.24) is 0 Å². The monoisotopic (exact) mass is 446 g/mol. The predicted molar refractivity (Wildman–Crippen MR) is 140 cm³/mol. The highest BCUT2D eigenvalue weighted by Gasteiger charge is 2.43. The molecule has 154 valence electrons. The van der Waals surface area contributed by atoms with Gasteiger partial charge in [0.25, 0.3) is 0 Å². The zero-order chi connectivity index (χ0) is 21.3. The Morgan fingerprint density at radius 2 is 0.688 bits per heavy atom. The lowest BCUT2D eigenvalue weighted by atomic mass is 9.90. The summed E-state index contributed by atoms with van der Waals surface area (Å²) in [5.41, 5.74) is 8.37. The molecule has 0 bridgehead atoms. The molecule has 0 aromatic heterocycles. The quantitative estimate of drug-likeness (QED) is 0.307. The van der Waals surface area contributed by atoms with Crippen LogP contribution in [0.15, 0.2) is 132 Å². The van der Waals surface area contributed by atoms with Crippen LogP contribution in [-0.4, -0.2) is 0 Å². The summed E-state index contributed by atoms with van der Waals surface area (Å²) in [6, 6.07) is 43.8. The molecular formula is C30H22S2. The number of rotatable bonds is 4. The van der Waals surface area contributed by atoms with Crippen molar-refractivity contribution in [2.24, 2.45) is 0 Å². The SMILES string of the molecule is c1ccc(C2=C3C(=C(c4ccccc4)S[C@H]3c3ccccc3)[C@@H](c3ccccc3)S2)cc1. The lowest BCUT2D eigenvalue weighted by Crippen LogP contribution is -1.98. The average Bonchev–Trinajstić information content (AvgIpc) is 3.45. The third kappa shape index (κ3) is 3.44. The van der Waals surface area contributed by atoms with Crippen LogP contribution in [0, 0.1) is 0 Å². The zero-order valence-corrected chi connectivity index (χ0v) is 19.2. The van der Waals surface area contributed by atoms with E-state index in [0.29, 0.717) is 10.5 Å². The molecule has 0 N–H and O–H groups in total. The zero-order valence-electron chi connectivity index (χ0n) is 17.5. The maximum absolute atomic E-state index is 2.28. The van der Waals surface area contributed by atoms with Gasteiger partial charge < -0.3 is 0 Å². The minimum Gasteiger partial charge on any atom is -0.112 e. The van der Waals surface area contributed by atoms with Crippen LogP contribution in [0.2, 0.25) is 0 Å². The van der Waals surface area contributed by atoms with Crippen molar-refractivity contribution in [2.45, 2.75) is 10.5 Å². The highest BCUT2D eigenvalue weighted by molar-refractivity contribution is 8.11. The van der Waals surface area contributed by atoms with Gasteiger partial charge in [0, 0.05) is 9.81 Å². The van der Waals surface area contributed by atoms with Gasteiger partial charge in [0.2, 0.25) is 0 Å². The van der Waals surface area contributed by atoms with E-state index in [1.807, 2.05) is 23.5 Å². The molecule has 0 fully saturated rings. The van der Waals surface area contributed by atoms with Crippen LogP contribution >= 0.6 is 23.5 Å². The molecule has 0 saturated carbocycles. The Balaban J connectivity index is 1.61. The molecule has 0 spiro atoms. The van der Waals surface area contributed by atoms with Gasteiger partial charge in [-0.1, -0.05) is 121 Å². The molecule has 2 aliphatic rings. The molecule has 0 nitrogen and oxygen atoms in total. The van der Waals surface area contributed by atoms with Crippen molar-refractivity contribution in [2.75, 3.05) is 0 Å². The fraction of sp³-hybridized carbons (Fsp3) is 0.0667. The number of thioether (sulfide) groups is 2. The van der Waals surface area contributed by atoms with Gasteiger partial charge in [0.1, 0.15) is 0 Å². The van der Waals surface area contributed by atoms with Gasteiger partial charge in [0.15, 0.2) is 0 Å². The summed E-state index contributed by atoms with van der Waals surface area (Å²) in [6.45, 7) is 0. The van der Waals surface area contributed by atoms with Crippen molar-refractivity contribution >= 4 is 33.3 Å². The van der Waals surface area contributed by atoms with Gasteiger partial charge in [-0.15, -0.1) is 23.5 Å². The minimum atomic E-state index is 0.304. The summed E-state index contributed by atoms with van der Waals surface area (Å²) in [7, 11) is 0. The first-order chi connectivity index (χ1) is 15.9. The van der Waals surface area contributed by atoms with Crippen LogP contribution in [0.25, 0.3) is 9.81 Å². The second-order valence-corrected chi connectivity index (χ2v) is 10.3. The van der Waals surface area contributed by atoms with E-state index in [2.05, 4.69) is 121 Å². The van der Waals surface area contributed by atoms with Gasteiger partial charge >= 0.3 is 0 Å². The van der Waals surface area contributed by atoms with Crippen molar-refractivity contribution in [3.8, 4) is 0 Å². The van der Waals surface area contributed by atoms with E-state index in [-0.39, 0.29) is 0 Å². The molecule has 0 radical (unpaired) electrons. The van der Waals surface area contributed by atoms with Crippen LogP contribution in [0.4, 0.5) is 0 Å². The van der Waals surface area contributed by atoms with Crippen LogP contribution < -0.4 is 0 Å². The van der Waals surface area contributed by atoms with Gasteiger partial charge in [-0.05, 0) is 33.4 Å². The van der Waals surface area contributed by atoms with Crippen LogP contribution in [0.1, 0.15) is 32.8 Å². The topological polar surface area (TPSA) is 0 Å². The smallest absolute Gasteiger partial charge is 0.0609 e. The Kier molecular flexibility index (Phi) is 5.26. The summed E-state index contributed by atoms with van der Waals surface area (Å²) in [6.07, 6.45) is 0. The fourth-order valence-corrected chi connectivity index (χ4v) is 7.78. The van der Waals surface area contributed by atoms with E-state index in [4.69, 9.17) is 0 Å². The second-order valence-electron chi connectivity index (χ2n) is 8.03. The van der Waals surface area contributed by atoms with E-state index in [9.17, 15) is 0 Å². The number of benzene rings is 4. The van der Waals surface area contributed by atoms with Gasteiger partial charge in [-0.3, -0.25) is 0 Å². The second kappa shape index (κ2) is 8.54. The van der Waals surface area contributed by atoms with Crippen molar-refractivity contribution in [3.05, 3.63) is 155 Å². The van der Waals surface area contributed by atoms with Crippen LogP contribution in [0.3, 0.4) is 0 Å². The largest absolute Gasteiger partial charge is 0.112 e. The molecule has 32 heavy (non-hydrogen) atoms. The molecule has 4 aromatic rings. The highest BCUT2D eigenvalue weighted by atomic mass is 32.2. The van der Waals surface area contributed by atoms with Crippen molar-refractivity contribution in [1.29, 1.82) is 0 Å². The minimum absolute atomic E-state index is 0.304. The van der Waals surface area contributed by atoms with E-state index >= 15 is 0 Å². The standard InChI is InChI=1S/C30H22S2/c1-5-13-21(14-6-1)27-25-26(29(31-27)23-17-9-3-10-18-23)30(24-19-11-4-12-20-24)32-28(25)22-15-7-2-8-16-22/h1-20,27,30H/t27-,30+. The summed E-state index contributed by atoms with van der Waals surface area (Å²) in [4.78, 5) is 2.84. The molecular weight excluding hydrogens is 424 g/mol. The summed E-state index contributed by atoms with van der Waals surface area (Å²) in [5.74, 6) is 0. The van der Waals surface area contributed by atoms with E-state index in [1.54, 1.807) is 0 Å². The van der Waals surface area contributed by atoms with Crippen molar-refractivity contribution in [3.63, 3.8) is 0 Å². The summed E-state index contributed by atoms with van der Waals surface area (Å²) in [5, 5.41) is 0.607. The first-order valence-corrected chi connectivity index (χ1v) is 12.7. The third-order valence-corrected chi connectivity index (χ3v) is 8.92. The summed E-state index contributed by atoms with van der Waals surface area (Å²) >= 11 is 4.03. The van der Waals surface area contributed by atoms with Gasteiger partial charge in [-0.2, -0.15) is 0 Å². The molecule has 2 aliphatic heterocycles. The van der Waals surface area contributed by atoms with Crippen molar-refractivity contribution < 1.29 is 0 Å². The Morgan fingerprint density at radius 3 is 1.03 bits per heavy atom. The van der Waals surface area contributed by atoms with Crippen LogP contribution in [0.5, 0.6) is 0 Å². The first kappa shape index (κ1) is 19.7. The first-order valence-electron chi connectivity index (χ1n) is 10.9. The van der Waals surface area contributed by atoms with E-state index in [0.717, 1.165) is 0 Å². The maximum Gasteiger partial charge on any atom is 0.0609 e. The van der Waals surface area contributed by atoms with Crippen LogP contribution in [-0.2, 0) is 0 Å². The Hall–Kier alpha value is -2.94.